The van der Waals surface area contributed by atoms with Crippen LogP contribution in [-0.4, -0.2) is 10.2 Å². The zero-order valence-corrected chi connectivity index (χ0v) is 17.7. The first-order chi connectivity index (χ1) is 14.8. The van der Waals surface area contributed by atoms with Crippen LogP contribution in [-0.2, 0) is 0 Å². The molecule has 1 aliphatic rings. The Balaban J connectivity index is 0.000000937. The van der Waals surface area contributed by atoms with Crippen molar-refractivity contribution in [2.45, 2.75) is 20.0 Å². The maximum atomic E-state index is 6.56. The Hall–Kier alpha value is -3.30. The summed E-state index contributed by atoms with van der Waals surface area (Å²) in [5.41, 5.74) is 4.01. The number of halogens is 1. The number of nitrogens with zero attached hydrogens (tertiary/aromatic N) is 1. The summed E-state index contributed by atoms with van der Waals surface area (Å²) in [6.07, 6.45) is -0.220. The second kappa shape index (κ2) is 7.51. The Labute approximate surface area is 180 Å². The molecule has 0 fully saturated rings. The van der Waals surface area contributed by atoms with Gasteiger partial charge in [0.25, 0.3) is 0 Å². The number of anilines is 1. The molecule has 3 nitrogen and oxygen atoms in total. The van der Waals surface area contributed by atoms with Gasteiger partial charge in [0.2, 0.25) is 0 Å². The van der Waals surface area contributed by atoms with Crippen LogP contribution in [0.15, 0.2) is 83.9 Å². The number of fused-ring (bicyclic) bond motifs is 6. The highest BCUT2D eigenvalue weighted by Crippen LogP contribution is 2.37. The fourth-order valence-corrected chi connectivity index (χ4v) is 4.38. The van der Waals surface area contributed by atoms with Gasteiger partial charge in [0.1, 0.15) is 11.9 Å². The van der Waals surface area contributed by atoms with Gasteiger partial charge < -0.3 is 10.3 Å². The summed E-state index contributed by atoms with van der Waals surface area (Å²) >= 11 is 6.56. The Morgan fingerprint density at radius 2 is 1.43 bits per heavy atom. The first-order valence-electron chi connectivity index (χ1n) is 10.3. The third-order valence-corrected chi connectivity index (χ3v) is 5.81. The molecule has 1 aromatic heterocycles. The van der Waals surface area contributed by atoms with Crippen molar-refractivity contribution < 1.29 is 0 Å². The molecule has 148 valence electrons. The van der Waals surface area contributed by atoms with Gasteiger partial charge in [-0.25, -0.2) is 4.99 Å². The highest BCUT2D eigenvalue weighted by Gasteiger charge is 2.24. The van der Waals surface area contributed by atoms with E-state index in [-0.39, 0.29) is 6.17 Å². The average molecular weight is 412 g/mol. The van der Waals surface area contributed by atoms with Crippen LogP contribution in [0.5, 0.6) is 0 Å². The Kier molecular flexibility index (Phi) is 4.68. The van der Waals surface area contributed by atoms with Gasteiger partial charge in [0.05, 0.1) is 5.69 Å². The molecule has 1 unspecified atom stereocenters. The number of rotatable bonds is 1. The molecule has 6 rings (SSSR count). The molecule has 0 bridgehead atoms. The molecule has 0 spiro atoms. The molecule has 1 atom stereocenters. The second-order valence-electron chi connectivity index (χ2n) is 7.15. The summed E-state index contributed by atoms with van der Waals surface area (Å²) in [5, 5.41) is 10.2. The van der Waals surface area contributed by atoms with Crippen LogP contribution < -0.4 is 5.32 Å². The van der Waals surface area contributed by atoms with Gasteiger partial charge in [-0.2, -0.15) is 0 Å². The molecule has 5 aromatic rings. The second-order valence-corrected chi connectivity index (χ2v) is 7.51. The van der Waals surface area contributed by atoms with E-state index in [1.807, 2.05) is 26.0 Å². The molecular weight excluding hydrogens is 390 g/mol. The van der Waals surface area contributed by atoms with Crippen molar-refractivity contribution in [2.24, 2.45) is 4.99 Å². The van der Waals surface area contributed by atoms with E-state index >= 15 is 0 Å². The van der Waals surface area contributed by atoms with Crippen LogP contribution in [0.2, 0.25) is 0 Å². The molecule has 2 N–H and O–H groups in total. The normalized spacial score (nSPS) is 15.3. The summed E-state index contributed by atoms with van der Waals surface area (Å²) in [6, 6.07) is 27.5. The van der Waals surface area contributed by atoms with Crippen LogP contribution in [0.3, 0.4) is 0 Å². The smallest absolute Gasteiger partial charge is 0.152 e. The van der Waals surface area contributed by atoms with Crippen molar-refractivity contribution in [1.82, 2.24) is 4.98 Å². The molecule has 0 radical (unpaired) electrons. The zero-order valence-electron chi connectivity index (χ0n) is 16.9. The molecule has 2 heterocycles. The molecule has 0 saturated heterocycles. The van der Waals surface area contributed by atoms with E-state index in [0.717, 1.165) is 27.8 Å². The standard InChI is InChI=1S/C24H16ClN3.C2H6/c25-23-22-21(18-7-3-4-8-20(18)26-22)27-24(28-23)16-12-11-15-10-9-14-5-1-2-6-17(14)19(15)13-16;1-2/h1-13,24,26-27H;1-2H3. The van der Waals surface area contributed by atoms with Crippen molar-refractivity contribution in [3.8, 4) is 0 Å². The Morgan fingerprint density at radius 3 is 2.27 bits per heavy atom. The molecule has 0 aliphatic carbocycles. The van der Waals surface area contributed by atoms with Crippen LogP contribution in [0.4, 0.5) is 5.69 Å². The van der Waals surface area contributed by atoms with Gasteiger partial charge >= 0.3 is 0 Å². The third-order valence-electron chi connectivity index (χ3n) is 5.52. The van der Waals surface area contributed by atoms with Crippen molar-refractivity contribution in [1.29, 1.82) is 0 Å². The minimum atomic E-state index is -0.220. The van der Waals surface area contributed by atoms with E-state index in [0.29, 0.717) is 5.17 Å². The predicted octanol–water partition coefficient (Wildman–Crippen LogP) is 7.61. The maximum absolute atomic E-state index is 6.56. The minimum absolute atomic E-state index is 0.220. The fraction of sp³-hybridized carbons (Fsp3) is 0.115. The number of H-pyrrole nitrogens is 1. The predicted molar refractivity (Wildman–Crippen MR) is 130 cm³/mol. The molecular formula is C26H22ClN3. The number of aromatic nitrogens is 1. The molecule has 4 aromatic carbocycles. The Morgan fingerprint density at radius 1 is 0.767 bits per heavy atom. The van der Waals surface area contributed by atoms with Crippen molar-refractivity contribution in [2.75, 3.05) is 5.32 Å². The number of benzene rings is 4. The van der Waals surface area contributed by atoms with E-state index in [1.54, 1.807) is 0 Å². The fourth-order valence-electron chi connectivity index (χ4n) is 4.14. The monoisotopic (exact) mass is 411 g/mol. The lowest BCUT2D eigenvalue weighted by molar-refractivity contribution is 0.834. The van der Waals surface area contributed by atoms with E-state index in [4.69, 9.17) is 16.6 Å². The van der Waals surface area contributed by atoms with E-state index in [9.17, 15) is 0 Å². The number of aliphatic imine (C=N–C) groups is 1. The third kappa shape index (κ3) is 2.94. The lowest BCUT2D eigenvalue weighted by Gasteiger charge is -2.22. The number of para-hydroxylation sites is 1. The number of hydrogen-bond donors (Lipinski definition) is 2. The van der Waals surface area contributed by atoms with E-state index in [1.165, 1.54) is 21.5 Å². The number of hydrogen-bond acceptors (Lipinski definition) is 2. The molecule has 0 saturated carbocycles. The largest absolute Gasteiger partial charge is 0.358 e. The minimum Gasteiger partial charge on any atom is -0.358 e. The van der Waals surface area contributed by atoms with Crippen molar-refractivity contribution in [3.05, 3.63) is 90.1 Å². The lowest BCUT2D eigenvalue weighted by Crippen LogP contribution is -2.16. The van der Waals surface area contributed by atoms with Gasteiger partial charge in [-0.3, -0.25) is 0 Å². The van der Waals surface area contributed by atoms with Gasteiger partial charge in [-0.05, 0) is 39.2 Å². The van der Waals surface area contributed by atoms with Gasteiger partial charge in [0.15, 0.2) is 5.17 Å². The molecule has 4 heteroatoms. The van der Waals surface area contributed by atoms with Crippen LogP contribution in [0.25, 0.3) is 32.4 Å². The highest BCUT2D eigenvalue weighted by atomic mass is 35.5. The zero-order chi connectivity index (χ0) is 20.7. The average Bonchev–Trinajstić information content (AvgIpc) is 3.19. The highest BCUT2D eigenvalue weighted by molar-refractivity contribution is 6.70. The van der Waals surface area contributed by atoms with Gasteiger partial charge in [-0.15, -0.1) is 0 Å². The van der Waals surface area contributed by atoms with Crippen LogP contribution in [0, 0.1) is 0 Å². The van der Waals surface area contributed by atoms with Gasteiger partial charge in [-0.1, -0.05) is 92.2 Å². The van der Waals surface area contributed by atoms with Crippen LogP contribution >= 0.6 is 11.6 Å². The quantitative estimate of drug-likeness (QED) is 0.274. The van der Waals surface area contributed by atoms with E-state index < -0.39 is 0 Å². The van der Waals surface area contributed by atoms with Crippen molar-refractivity contribution in [3.63, 3.8) is 0 Å². The molecule has 30 heavy (non-hydrogen) atoms. The van der Waals surface area contributed by atoms with Gasteiger partial charge in [0, 0.05) is 10.9 Å². The topological polar surface area (TPSA) is 40.2 Å². The number of nitrogens with one attached hydrogen (secondary N) is 2. The summed E-state index contributed by atoms with van der Waals surface area (Å²) in [6.45, 7) is 4.00. The molecule has 1 aliphatic heterocycles. The lowest BCUT2D eigenvalue weighted by atomic mass is 9.99. The van der Waals surface area contributed by atoms with Crippen LogP contribution in [0.1, 0.15) is 31.3 Å². The first kappa shape index (κ1) is 18.7. The van der Waals surface area contributed by atoms with E-state index in [2.05, 4.69) is 77.0 Å². The number of aromatic amines is 1. The summed E-state index contributed by atoms with van der Waals surface area (Å²) in [7, 11) is 0. The SMILES string of the molecule is CC.ClC1=NC(c2ccc3ccc4ccccc4c3c2)Nc2c1[nH]c1ccccc21. The maximum Gasteiger partial charge on any atom is 0.152 e. The summed E-state index contributed by atoms with van der Waals surface area (Å²) < 4.78 is 0. The Bertz CT molecular complexity index is 1410. The molecule has 0 amide bonds. The summed E-state index contributed by atoms with van der Waals surface area (Å²) in [4.78, 5) is 8.08. The van der Waals surface area contributed by atoms with Crippen molar-refractivity contribution >= 4 is 54.9 Å². The summed E-state index contributed by atoms with van der Waals surface area (Å²) in [5.74, 6) is 0. The first-order valence-corrected chi connectivity index (χ1v) is 10.7.